The van der Waals surface area contributed by atoms with Crippen LogP contribution in [0, 0.1) is 0 Å². The highest BCUT2D eigenvalue weighted by Gasteiger charge is 2.26. The molecule has 5 nitrogen and oxygen atoms in total. The van der Waals surface area contributed by atoms with Gasteiger partial charge in [-0.3, -0.25) is 4.79 Å². The Morgan fingerprint density at radius 2 is 2.65 bits per heavy atom. The third-order valence-electron chi connectivity index (χ3n) is 2.85. The molecule has 1 aliphatic rings. The molecule has 1 amide bonds. The smallest absolute Gasteiger partial charge is 0.246 e. The fourth-order valence-electron chi connectivity index (χ4n) is 2.07. The van der Waals surface area contributed by atoms with E-state index in [9.17, 15) is 4.79 Å². The number of thiazole rings is 1. The van der Waals surface area contributed by atoms with Crippen molar-refractivity contribution in [3.05, 3.63) is 11.6 Å². The van der Waals surface area contributed by atoms with Gasteiger partial charge in [0.15, 0.2) is 5.13 Å². The summed E-state index contributed by atoms with van der Waals surface area (Å²) in [7, 11) is 1.52. The van der Waals surface area contributed by atoms with E-state index in [4.69, 9.17) is 4.74 Å². The van der Waals surface area contributed by atoms with Crippen molar-refractivity contribution in [3.8, 4) is 0 Å². The Balaban J connectivity index is 1.85. The number of aromatic nitrogens is 1. The molecule has 17 heavy (non-hydrogen) atoms. The number of carbonyl (C=O) groups is 1. The third-order valence-corrected chi connectivity index (χ3v) is 3.66. The monoisotopic (exact) mass is 255 g/mol. The molecule has 0 aliphatic carbocycles. The maximum atomic E-state index is 11.3. The summed E-state index contributed by atoms with van der Waals surface area (Å²) in [4.78, 5) is 17.9. The number of hydrogen-bond donors (Lipinski definition) is 1. The summed E-state index contributed by atoms with van der Waals surface area (Å²) < 4.78 is 4.78. The van der Waals surface area contributed by atoms with Crippen LogP contribution in [0.25, 0.3) is 0 Å². The first-order valence-corrected chi connectivity index (χ1v) is 6.61. The van der Waals surface area contributed by atoms with Crippen LogP contribution >= 0.6 is 11.3 Å². The van der Waals surface area contributed by atoms with Crippen LogP contribution in [0.4, 0.5) is 5.13 Å². The van der Waals surface area contributed by atoms with Crippen LogP contribution in [0.2, 0.25) is 0 Å². The molecule has 6 heteroatoms. The number of methoxy groups -OCH3 is 1. The Morgan fingerprint density at radius 1 is 1.76 bits per heavy atom. The van der Waals surface area contributed by atoms with Crippen molar-refractivity contribution in [2.75, 3.05) is 31.7 Å². The first-order chi connectivity index (χ1) is 8.31. The maximum absolute atomic E-state index is 11.3. The molecule has 0 aromatic carbocycles. The zero-order valence-corrected chi connectivity index (χ0v) is 10.7. The molecule has 1 fully saturated rings. The van der Waals surface area contributed by atoms with Gasteiger partial charge in [0.05, 0.1) is 0 Å². The number of nitrogens with zero attached hydrogens (tertiary/aromatic N) is 2. The average Bonchev–Trinajstić information content (AvgIpc) is 2.97. The van der Waals surface area contributed by atoms with Crippen LogP contribution < -0.4 is 10.2 Å². The molecule has 94 valence electrons. The van der Waals surface area contributed by atoms with E-state index in [-0.39, 0.29) is 12.5 Å². The topological polar surface area (TPSA) is 54.5 Å². The molecule has 1 aliphatic heterocycles. The Kier molecular flexibility index (Phi) is 4.33. The van der Waals surface area contributed by atoms with Gasteiger partial charge in [-0.25, -0.2) is 4.98 Å². The molecule has 0 radical (unpaired) electrons. The number of carbonyl (C=O) groups excluding carboxylic acids is 1. The molecular formula is C11H17N3O2S. The van der Waals surface area contributed by atoms with Crippen molar-refractivity contribution in [2.45, 2.75) is 18.9 Å². The summed E-state index contributed by atoms with van der Waals surface area (Å²) in [5, 5.41) is 5.92. The Hall–Kier alpha value is -1.14. The van der Waals surface area contributed by atoms with Crippen molar-refractivity contribution >= 4 is 22.4 Å². The van der Waals surface area contributed by atoms with E-state index in [2.05, 4.69) is 15.2 Å². The summed E-state index contributed by atoms with van der Waals surface area (Å²) in [5.74, 6) is -0.0570. The van der Waals surface area contributed by atoms with Gasteiger partial charge in [-0.2, -0.15) is 0 Å². The number of ether oxygens (including phenoxy) is 1. The second kappa shape index (κ2) is 5.97. The molecule has 0 bridgehead atoms. The van der Waals surface area contributed by atoms with Gasteiger partial charge in [-0.15, -0.1) is 11.3 Å². The zero-order valence-electron chi connectivity index (χ0n) is 9.89. The number of hydrogen-bond acceptors (Lipinski definition) is 5. The molecule has 1 saturated heterocycles. The Bertz CT molecular complexity index is 356. The van der Waals surface area contributed by atoms with Crippen molar-refractivity contribution < 1.29 is 9.53 Å². The quantitative estimate of drug-likeness (QED) is 0.848. The van der Waals surface area contributed by atoms with Gasteiger partial charge in [-0.05, 0) is 12.8 Å². The fourth-order valence-corrected chi connectivity index (χ4v) is 2.81. The van der Waals surface area contributed by atoms with Gasteiger partial charge >= 0.3 is 0 Å². The fraction of sp³-hybridized carbons (Fsp3) is 0.636. The summed E-state index contributed by atoms with van der Waals surface area (Å²) in [6, 6.07) is 0.363. The molecule has 1 aromatic heterocycles. The predicted octanol–water partition coefficient (Wildman–Crippen LogP) is 0.874. The lowest BCUT2D eigenvalue weighted by Gasteiger charge is -2.24. The van der Waals surface area contributed by atoms with E-state index < -0.39 is 0 Å². The minimum absolute atomic E-state index is 0.0570. The van der Waals surface area contributed by atoms with E-state index in [1.807, 2.05) is 11.6 Å². The Labute approximate surface area is 105 Å². The molecule has 1 N–H and O–H groups in total. The maximum Gasteiger partial charge on any atom is 0.246 e. The van der Waals surface area contributed by atoms with Crippen LogP contribution in [0.1, 0.15) is 12.8 Å². The molecular weight excluding hydrogens is 238 g/mol. The van der Waals surface area contributed by atoms with E-state index in [0.717, 1.165) is 24.5 Å². The van der Waals surface area contributed by atoms with Crippen LogP contribution in [-0.2, 0) is 9.53 Å². The van der Waals surface area contributed by atoms with Crippen molar-refractivity contribution in [3.63, 3.8) is 0 Å². The second-order valence-electron chi connectivity index (χ2n) is 4.04. The van der Waals surface area contributed by atoms with Crippen LogP contribution in [-0.4, -0.2) is 43.7 Å². The van der Waals surface area contributed by atoms with Crippen molar-refractivity contribution in [2.24, 2.45) is 0 Å². The molecule has 0 spiro atoms. The minimum atomic E-state index is -0.0570. The lowest BCUT2D eigenvalue weighted by atomic mass is 10.2. The van der Waals surface area contributed by atoms with Gasteiger partial charge in [0.25, 0.3) is 0 Å². The lowest BCUT2D eigenvalue weighted by Crippen LogP contribution is -2.41. The molecule has 1 unspecified atom stereocenters. The molecule has 2 heterocycles. The normalized spacial score (nSPS) is 19.6. The summed E-state index contributed by atoms with van der Waals surface area (Å²) in [6.07, 6.45) is 4.08. The summed E-state index contributed by atoms with van der Waals surface area (Å²) in [6.45, 7) is 1.82. The molecule has 1 aromatic rings. The van der Waals surface area contributed by atoms with Gasteiger partial charge in [0, 0.05) is 37.8 Å². The first kappa shape index (κ1) is 12.3. The van der Waals surface area contributed by atoms with Crippen LogP contribution in [0.3, 0.4) is 0 Å². The summed E-state index contributed by atoms with van der Waals surface area (Å²) in [5.41, 5.74) is 0. The highest BCUT2D eigenvalue weighted by atomic mass is 32.1. The van der Waals surface area contributed by atoms with Gasteiger partial charge in [-0.1, -0.05) is 0 Å². The minimum Gasteiger partial charge on any atom is -0.375 e. The zero-order chi connectivity index (χ0) is 12.1. The largest absolute Gasteiger partial charge is 0.375 e. The van der Waals surface area contributed by atoms with E-state index in [1.165, 1.54) is 7.11 Å². The van der Waals surface area contributed by atoms with Gasteiger partial charge < -0.3 is 15.0 Å². The van der Waals surface area contributed by atoms with E-state index in [0.29, 0.717) is 12.6 Å². The van der Waals surface area contributed by atoms with Crippen molar-refractivity contribution in [1.29, 1.82) is 0 Å². The van der Waals surface area contributed by atoms with E-state index in [1.54, 1.807) is 11.3 Å². The van der Waals surface area contributed by atoms with Crippen molar-refractivity contribution in [1.82, 2.24) is 10.3 Å². The first-order valence-electron chi connectivity index (χ1n) is 5.73. The number of anilines is 1. The molecule has 0 saturated carbocycles. The summed E-state index contributed by atoms with van der Waals surface area (Å²) >= 11 is 1.65. The lowest BCUT2D eigenvalue weighted by molar-refractivity contribution is -0.124. The number of rotatable bonds is 5. The van der Waals surface area contributed by atoms with Crippen LogP contribution in [0.5, 0.6) is 0 Å². The van der Waals surface area contributed by atoms with Gasteiger partial charge in [0.2, 0.25) is 5.91 Å². The molecule has 1 atom stereocenters. The number of amides is 1. The second-order valence-corrected chi connectivity index (χ2v) is 4.91. The average molecular weight is 255 g/mol. The highest BCUT2D eigenvalue weighted by Crippen LogP contribution is 2.26. The highest BCUT2D eigenvalue weighted by molar-refractivity contribution is 7.13. The standard InChI is InChI=1S/C11H17N3O2S/c1-16-8-10(15)13-7-9-3-2-5-14(9)11-12-4-6-17-11/h4,6,9H,2-3,5,7-8H2,1H3,(H,13,15). The predicted molar refractivity (Wildman–Crippen MR) is 67.4 cm³/mol. The SMILES string of the molecule is COCC(=O)NCC1CCCN1c1nccs1. The third kappa shape index (κ3) is 3.17. The van der Waals surface area contributed by atoms with Gasteiger partial charge in [0.1, 0.15) is 6.61 Å². The molecule has 2 rings (SSSR count). The van der Waals surface area contributed by atoms with E-state index >= 15 is 0 Å². The Morgan fingerprint density at radius 3 is 3.35 bits per heavy atom. The van der Waals surface area contributed by atoms with Crippen LogP contribution in [0.15, 0.2) is 11.6 Å². The number of nitrogens with one attached hydrogen (secondary N) is 1.